The number of rotatable bonds is 3. The van der Waals surface area contributed by atoms with E-state index in [1.807, 2.05) is 44.2 Å². The fourth-order valence-electron chi connectivity index (χ4n) is 2.43. The number of hydrogen-bond acceptors (Lipinski definition) is 5. The van der Waals surface area contributed by atoms with Gasteiger partial charge < -0.3 is 5.43 Å². The molecule has 8 heteroatoms. The molecular formula is C21H26Br2N4O2. The second kappa shape index (κ2) is 10.6. The van der Waals surface area contributed by atoms with Gasteiger partial charge in [-0.2, -0.15) is 5.01 Å². The first-order chi connectivity index (χ1) is 13.1. The average molecular weight is 526 g/mol. The molecule has 29 heavy (non-hydrogen) atoms. The number of nitrogens with two attached hydrogens (primary N) is 1. The third-order valence-corrected chi connectivity index (χ3v) is 6.11. The van der Waals surface area contributed by atoms with Crippen LogP contribution < -0.4 is 16.7 Å². The molecule has 0 unspecified atom stereocenters. The van der Waals surface area contributed by atoms with Gasteiger partial charge in [0.25, 0.3) is 11.8 Å². The Morgan fingerprint density at radius 3 is 1.62 bits per heavy atom. The highest BCUT2D eigenvalue weighted by Crippen LogP contribution is 2.24. The molecule has 1 heterocycles. The Bertz CT molecular complexity index is 934. The minimum absolute atomic E-state index is 0. The van der Waals surface area contributed by atoms with Gasteiger partial charge in [-0.05, 0) is 75.2 Å². The molecule has 0 spiro atoms. The maximum absolute atomic E-state index is 11.9. The molecule has 6 nitrogen and oxygen atoms in total. The van der Waals surface area contributed by atoms with Crippen molar-refractivity contribution in [1.29, 1.82) is 0 Å². The molecular weight excluding hydrogens is 500 g/mol. The molecule has 2 aromatic rings. The normalized spacial score (nSPS) is 13.0. The summed E-state index contributed by atoms with van der Waals surface area (Å²) in [6.07, 6.45) is 0. The number of imide groups is 1. The molecule has 0 fully saturated rings. The Hall–Kier alpha value is -2.16. The largest absolute Gasteiger partial charge is 0.324 e. The third kappa shape index (κ3) is 5.91. The van der Waals surface area contributed by atoms with Crippen molar-refractivity contribution in [3.8, 4) is 0 Å². The molecule has 1 aliphatic rings. The van der Waals surface area contributed by atoms with Crippen LogP contribution in [0.1, 0.15) is 32.4 Å². The van der Waals surface area contributed by atoms with Crippen molar-refractivity contribution in [2.45, 2.75) is 35.1 Å². The van der Waals surface area contributed by atoms with Gasteiger partial charge in [0, 0.05) is 25.8 Å². The lowest BCUT2D eigenvalue weighted by Gasteiger charge is -2.17. The molecule has 0 aliphatic carbocycles. The summed E-state index contributed by atoms with van der Waals surface area (Å²) in [5.74, 6) is 4.62. The van der Waals surface area contributed by atoms with Crippen molar-refractivity contribution < 1.29 is 9.59 Å². The molecule has 0 bridgehead atoms. The van der Waals surface area contributed by atoms with E-state index < -0.39 is 0 Å². The summed E-state index contributed by atoms with van der Waals surface area (Å²) < 4.78 is 2.09. The lowest BCUT2D eigenvalue weighted by Crippen LogP contribution is -2.36. The van der Waals surface area contributed by atoms with Gasteiger partial charge in [0.15, 0.2) is 0 Å². The smallest absolute Gasteiger partial charge is 0.275 e. The maximum Gasteiger partial charge on any atom is 0.275 e. The Kier molecular flexibility index (Phi) is 9.07. The van der Waals surface area contributed by atoms with Crippen LogP contribution in [-0.4, -0.2) is 16.8 Å². The van der Waals surface area contributed by atoms with Gasteiger partial charge in [0.05, 0.1) is 5.69 Å². The quantitative estimate of drug-likeness (QED) is 0.281. The predicted octanol–water partition coefficient (Wildman–Crippen LogP) is 5.47. The first kappa shape index (κ1) is 24.9. The Morgan fingerprint density at radius 2 is 1.21 bits per heavy atom. The lowest BCUT2D eigenvalue weighted by molar-refractivity contribution is -0.135. The number of nitrogens with zero attached hydrogens (tertiary/aromatic N) is 1. The molecule has 2 aromatic carbocycles. The molecule has 0 radical (unpaired) electrons. The van der Waals surface area contributed by atoms with Gasteiger partial charge in [-0.25, -0.2) is 0 Å². The molecule has 156 valence electrons. The number of halogens is 2. The fourth-order valence-corrected chi connectivity index (χ4v) is 2.92. The van der Waals surface area contributed by atoms with Crippen LogP contribution in [0.15, 0.2) is 56.5 Å². The van der Waals surface area contributed by atoms with E-state index in [4.69, 9.17) is 5.84 Å². The molecule has 0 atom stereocenters. The van der Waals surface area contributed by atoms with Crippen LogP contribution in [-0.2, 0) is 9.59 Å². The highest BCUT2D eigenvalue weighted by atomic mass is 79.9. The van der Waals surface area contributed by atoms with Gasteiger partial charge in [0.2, 0.25) is 0 Å². The number of nitrogens with one attached hydrogen (secondary N) is 2. The highest BCUT2D eigenvalue weighted by molar-refractivity contribution is 9.10. The monoisotopic (exact) mass is 524 g/mol. The Labute approximate surface area is 188 Å². The van der Waals surface area contributed by atoms with Crippen molar-refractivity contribution in [3.05, 3.63) is 67.6 Å². The van der Waals surface area contributed by atoms with Crippen molar-refractivity contribution in [2.75, 3.05) is 10.9 Å². The number of aryl methyl sites for hydroxylation is 2. The zero-order valence-electron chi connectivity index (χ0n) is 16.1. The maximum atomic E-state index is 11.9. The Balaban J connectivity index is 0.000000327. The van der Waals surface area contributed by atoms with E-state index in [0.717, 1.165) is 25.2 Å². The summed E-state index contributed by atoms with van der Waals surface area (Å²) >= 11 is 6.79. The van der Waals surface area contributed by atoms with Gasteiger partial charge in [-0.15, -0.1) is 0 Å². The summed E-state index contributed by atoms with van der Waals surface area (Å²) in [5, 5.41) is 1.05. The summed E-state index contributed by atoms with van der Waals surface area (Å²) in [6.45, 7) is 7.27. The molecule has 0 aromatic heterocycles. The second-order valence-electron chi connectivity index (χ2n) is 6.38. The van der Waals surface area contributed by atoms with Crippen LogP contribution in [0.5, 0.6) is 0 Å². The second-order valence-corrected chi connectivity index (χ2v) is 8.09. The standard InChI is InChI=1S/C13H13BrN2O2.C7H9BrN2.CH4/c1-7-6-10(4-5-11(7)14)15-16-12(17)8(2)9(3)13(16)18;1-5-4-6(10-9)2-3-7(5)8;/h4-6,15H,1-3H3;2-4,10H,9H2,1H3;1H4. The van der Waals surface area contributed by atoms with Crippen molar-refractivity contribution in [3.63, 3.8) is 0 Å². The summed E-state index contributed by atoms with van der Waals surface area (Å²) in [6, 6.07) is 11.4. The third-order valence-electron chi connectivity index (χ3n) is 4.33. The minimum Gasteiger partial charge on any atom is -0.324 e. The van der Waals surface area contributed by atoms with Gasteiger partial charge in [-0.1, -0.05) is 39.3 Å². The molecule has 1 aliphatic heterocycles. The SMILES string of the molecule is C.CC1=C(C)C(=O)N(Nc2ccc(Br)c(C)c2)C1=O.Cc1cc(NN)ccc1Br. The van der Waals surface area contributed by atoms with Crippen LogP contribution in [0.4, 0.5) is 11.4 Å². The number of carbonyl (C=O) groups is 2. The number of amides is 2. The van der Waals surface area contributed by atoms with Gasteiger partial charge >= 0.3 is 0 Å². The summed E-state index contributed by atoms with van der Waals surface area (Å²) in [5.41, 5.74) is 10.2. The van der Waals surface area contributed by atoms with Crippen molar-refractivity contribution in [2.24, 2.45) is 5.84 Å². The van der Waals surface area contributed by atoms with Gasteiger partial charge in [-0.3, -0.25) is 20.9 Å². The van der Waals surface area contributed by atoms with E-state index in [0.29, 0.717) is 16.8 Å². The molecule has 0 saturated carbocycles. The predicted molar refractivity (Wildman–Crippen MR) is 126 cm³/mol. The summed E-state index contributed by atoms with van der Waals surface area (Å²) in [7, 11) is 0. The minimum atomic E-state index is -0.293. The molecule has 4 N–H and O–H groups in total. The highest BCUT2D eigenvalue weighted by Gasteiger charge is 2.33. The Morgan fingerprint density at radius 1 is 0.793 bits per heavy atom. The van der Waals surface area contributed by atoms with Crippen molar-refractivity contribution >= 4 is 55.0 Å². The molecule has 0 saturated heterocycles. The zero-order valence-corrected chi connectivity index (χ0v) is 19.2. The van der Waals surface area contributed by atoms with Crippen LogP contribution in [0.2, 0.25) is 0 Å². The van der Waals surface area contributed by atoms with E-state index in [1.54, 1.807) is 19.9 Å². The fraction of sp³-hybridized carbons (Fsp3) is 0.238. The first-order valence-electron chi connectivity index (χ1n) is 8.47. The van der Waals surface area contributed by atoms with E-state index in [1.165, 1.54) is 5.56 Å². The van der Waals surface area contributed by atoms with Crippen molar-refractivity contribution in [1.82, 2.24) is 5.01 Å². The lowest BCUT2D eigenvalue weighted by atomic mass is 10.2. The van der Waals surface area contributed by atoms with Crippen LogP contribution in [0.3, 0.4) is 0 Å². The number of anilines is 2. The van der Waals surface area contributed by atoms with E-state index in [9.17, 15) is 9.59 Å². The number of hydrogen-bond donors (Lipinski definition) is 3. The zero-order chi connectivity index (χ0) is 21.0. The molecule has 3 rings (SSSR count). The number of benzene rings is 2. The first-order valence-corrected chi connectivity index (χ1v) is 10.1. The molecule has 2 amide bonds. The van der Waals surface area contributed by atoms with Crippen LogP contribution >= 0.6 is 31.9 Å². The number of nitrogen functional groups attached to an aromatic ring is 1. The van der Waals surface area contributed by atoms with Gasteiger partial charge in [0.1, 0.15) is 0 Å². The number of hydrazine groups is 2. The van der Waals surface area contributed by atoms with E-state index in [-0.39, 0.29) is 19.2 Å². The van der Waals surface area contributed by atoms with Crippen LogP contribution in [0.25, 0.3) is 0 Å². The van der Waals surface area contributed by atoms with E-state index in [2.05, 4.69) is 42.7 Å². The number of carbonyl (C=O) groups excluding carboxylic acids is 2. The summed E-state index contributed by atoms with van der Waals surface area (Å²) in [4.78, 5) is 23.7. The average Bonchev–Trinajstić information content (AvgIpc) is 2.85. The van der Waals surface area contributed by atoms with Crippen LogP contribution in [0, 0.1) is 13.8 Å². The van der Waals surface area contributed by atoms with E-state index >= 15 is 0 Å². The topological polar surface area (TPSA) is 87.5 Å².